The van der Waals surface area contributed by atoms with E-state index in [4.69, 9.17) is 9.15 Å². The van der Waals surface area contributed by atoms with Crippen LogP contribution in [-0.4, -0.2) is 6.23 Å². The third kappa shape index (κ3) is 3.16. The summed E-state index contributed by atoms with van der Waals surface area (Å²) in [6.07, 6.45) is 5.28. The minimum absolute atomic E-state index is 0.324. The van der Waals surface area contributed by atoms with Crippen molar-refractivity contribution in [3.05, 3.63) is 132 Å². The van der Waals surface area contributed by atoms with Crippen LogP contribution in [0.15, 0.2) is 114 Å². The van der Waals surface area contributed by atoms with Gasteiger partial charge in [0.15, 0.2) is 0 Å². The molecule has 3 heteroatoms. The van der Waals surface area contributed by atoms with Gasteiger partial charge in [0.2, 0.25) is 0 Å². The minimum Gasteiger partial charge on any atom is -0.465 e. The molecule has 0 saturated heterocycles. The van der Waals surface area contributed by atoms with Crippen LogP contribution in [0.2, 0.25) is 0 Å². The molecule has 1 atom stereocenters. The summed E-state index contributed by atoms with van der Waals surface area (Å²) in [6.45, 7) is 0. The molecule has 0 spiro atoms. The van der Waals surface area contributed by atoms with E-state index in [1.165, 1.54) is 0 Å². The molecule has 3 nitrogen and oxygen atoms in total. The lowest BCUT2D eigenvalue weighted by Gasteiger charge is -2.43. The molecule has 1 aromatic heterocycles. The molecule has 0 bridgehead atoms. The van der Waals surface area contributed by atoms with Gasteiger partial charge in [-0.15, -0.1) is 0 Å². The van der Waals surface area contributed by atoms with Crippen LogP contribution in [0.5, 0.6) is 0 Å². The summed E-state index contributed by atoms with van der Waals surface area (Å²) < 4.78 is 12.3. The van der Waals surface area contributed by atoms with Crippen molar-refractivity contribution in [3.8, 4) is 0 Å². The summed E-state index contributed by atoms with van der Waals surface area (Å²) in [4.78, 5) is 0. The average Bonchev–Trinajstić information content (AvgIpc) is 3.32. The predicted molar refractivity (Wildman–Crippen MR) is 115 cm³/mol. The van der Waals surface area contributed by atoms with Gasteiger partial charge in [-0.05, 0) is 41.5 Å². The number of rotatable bonds is 4. The summed E-state index contributed by atoms with van der Waals surface area (Å²) >= 11 is 0. The van der Waals surface area contributed by atoms with Crippen LogP contribution in [0.25, 0.3) is 6.08 Å². The van der Waals surface area contributed by atoms with Crippen molar-refractivity contribution >= 4 is 11.8 Å². The van der Waals surface area contributed by atoms with Crippen molar-refractivity contribution in [2.45, 2.75) is 11.8 Å². The van der Waals surface area contributed by atoms with Gasteiger partial charge in [0.1, 0.15) is 17.6 Å². The molecule has 0 fully saturated rings. The first kappa shape index (κ1) is 17.5. The normalized spacial score (nSPS) is 17.6. The highest BCUT2D eigenvalue weighted by Gasteiger charge is 2.43. The summed E-state index contributed by atoms with van der Waals surface area (Å²) in [5.74, 6) is 0.791. The van der Waals surface area contributed by atoms with Crippen molar-refractivity contribution in [2.75, 3.05) is 5.32 Å². The van der Waals surface area contributed by atoms with E-state index in [2.05, 4.69) is 72.0 Å². The predicted octanol–water partition coefficient (Wildman–Crippen LogP) is 6.05. The van der Waals surface area contributed by atoms with Crippen molar-refractivity contribution in [1.82, 2.24) is 0 Å². The fourth-order valence-corrected chi connectivity index (χ4v) is 3.97. The molecule has 0 aliphatic carbocycles. The third-order valence-electron chi connectivity index (χ3n) is 5.25. The SMILES string of the molecule is C(=C\[C@H]1Nc2ccccc2C(c2ccccc2)(c2ccccc2)O1)/c1ccco1. The van der Waals surface area contributed by atoms with Gasteiger partial charge in [-0.3, -0.25) is 0 Å². The summed E-state index contributed by atoms with van der Waals surface area (Å²) in [5.41, 5.74) is 3.62. The highest BCUT2D eigenvalue weighted by molar-refractivity contribution is 5.64. The zero-order valence-electron chi connectivity index (χ0n) is 15.9. The average molecular weight is 379 g/mol. The van der Waals surface area contributed by atoms with Gasteiger partial charge < -0.3 is 14.5 Å². The molecule has 3 aromatic carbocycles. The first-order chi connectivity index (χ1) is 14.4. The molecule has 1 aliphatic heterocycles. The van der Waals surface area contributed by atoms with Crippen LogP contribution in [0.4, 0.5) is 5.69 Å². The van der Waals surface area contributed by atoms with E-state index in [1.54, 1.807) is 6.26 Å². The van der Waals surface area contributed by atoms with E-state index in [9.17, 15) is 0 Å². The first-order valence-electron chi connectivity index (χ1n) is 9.73. The number of nitrogens with one attached hydrogen (secondary N) is 1. The molecule has 0 unspecified atom stereocenters. The zero-order chi connectivity index (χ0) is 19.5. The van der Waals surface area contributed by atoms with Crippen LogP contribution < -0.4 is 5.32 Å². The van der Waals surface area contributed by atoms with Crippen molar-refractivity contribution in [2.24, 2.45) is 0 Å². The van der Waals surface area contributed by atoms with Crippen LogP contribution in [0.1, 0.15) is 22.5 Å². The van der Waals surface area contributed by atoms with Crippen LogP contribution >= 0.6 is 0 Å². The maximum absolute atomic E-state index is 6.83. The number of ether oxygens (including phenoxy) is 1. The fraction of sp³-hybridized carbons (Fsp3) is 0.0769. The van der Waals surface area contributed by atoms with Gasteiger partial charge in [0.25, 0.3) is 0 Å². The Hall–Kier alpha value is -3.56. The molecule has 0 amide bonds. The molecule has 0 radical (unpaired) electrons. The van der Waals surface area contributed by atoms with Gasteiger partial charge in [-0.2, -0.15) is 0 Å². The van der Waals surface area contributed by atoms with Crippen molar-refractivity contribution in [1.29, 1.82) is 0 Å². The summed E-state index contributed by atoms with van der Waals surface area (Å²) in [5, 5.41) is 3.50. The molecule has 1 N–H and O–H groups in total. The maximum atomic E-state index is 6.83. The molecule has 1 aliphatic rings. The van der Waals surface area contributed by atoms with E-state index in [0.717, 1.165) is 28.1 Å². The number of fused-ring (bicyclic) bond motifs is 1. The van der Waals surface area contributed by atoms with Crippen molar-refractivity contribution in [3.63, 3.8) is 0 Å². The van der Waals surface area contributed by atoms with E-state index in [0.29, 0.717) is 0 Å². The summed E-state index contributed by atoms with van der Waals surface area (Å²) in [7, 11) is 0. The second-order valence-electron chi connectivity index (χ2n) is 7.02. The standard InChI is InChI=1S/C26H21NO2/c1-3-10-20(11-4-1)26(21-12-5-2-6-13-21)23-15-7-8-16-24(23)27-25(29-26)18-17-22-14-9-19-28-22/h1-19,25,27H/b18-17+/t25-/m0/s1. The Morgan fingerprint density at radius 3 is 2.03 bits per heavy atom. The molecule has 142 valence electrons. The lowest BCUT2D eigenvalue weighted by molar-refractivity contribution is -0.0189. The fourth-order valence-electron chi connectivity index (χ4n) is 3.97. The third-order valence-corrected chi connectivity index (χ3v) is 5.25. The smallest absolute Gasteiger partial charge is 0.149 e. The second kappa shape index (κ2) is 7.46. The van der Waals surface area contributed by atoms with Gasteiger partial charge in [-0.25, -0.2) is 0 Å². The highest BCUT2D eigenvalue weighted by Crippen LogP contribution is 2.47. The van der Waals surface area contributed by atoms with Crippen LogP contribution in [-0.2, 0) is 10.3 Å². The van der Waals surface area contributed by atoms with Gasteiger partial charge >= 0.3 is 0 Å². The zero-order valence-corrected chi connectivity index (χ0v) is 15.9. The summed E-state index contributed by atoms with van der Waals surface area (Å²) in [6, 6.07) is 32.9. The van der Waals surface area contributed by atoms with Gasteiger partial charge in [-0.1, -0.05) is 78.9 Å². The Morgan fingerprint density at radius 2 is 1.38 bits per heavy atom. The number of benzene rings is 3. The first-order valence-corrected chi connectivity index (χ1v) is 9.73. The Kier molecular flexibility index (Phi) is 4.51. The Bertz CT molecular complexity index is 1060. The minimum atomic E-state index is -0.720. The monoisotopic (exact) mass is 379 g/mol. The molecule has 2 heterocycles. The van der Waals surface area contributed by atoms with E-state index in [1.807, 2.05) is 42.5 Å². The number of furan rings is 1. The number of hydrogen-bond acceptors (Lipinski definition) is 3. The van der Waals surface area contributed by atoms with Crippen LogP contribution in [0.3, 0.4) is 0 Å². The lowest BCUT2D eigenvalue weighted by atomic mass is 9.78. The van der Waals surface area contributed by atoms with Crippen molar-refractivity contribution < 1.29 is 9.15 Å². The second-order valence-corrected chi connectivity index (χ2v) is 7.02. The van der Waals surface area contributed by atoms with Gasteiger partial charge in [0.05, 0.1) is 6.26 Å². The number of anilines is 1. The quantitative estimate of drug-likeness (QED) is 0.468. The topological polar surface area (TPSA) is 34.4 Å². The molecular weight excluding hydrogens is 358 g/mol. The molecule has 5 rings (SSSR count). The largest absolute Gasteiger partial charge is 0.465 e. The molecule has 4 aromatic rings. The highest BCUT2D eigenvalue weighted by atomic mass is 16.5. The number of hydrogen-bond donors (Lipinski definition) is 1. The van der Waals surface area contributed by atoms with E-state index >= 15 is 0 Å². The number of para-hydroxylation sites is 1. The Labute approximate surface area is 170 Å². The lowest BCUT2D eigenvalue weighted by Crippen LogP contribution is -2.43. The molecule has 0 saturated carbocycles. The van der Waals surface area contributed by atoms with E-state index < -0.39 is 5.60 Å². The Balaban J connectivity index is 1.69. The maximum Gasteiger partial charge on any atom is 0.149 e. The molecule has 29 heavy (non-hydrogen) atoms. The Morgan fingerprint density at radius 1 is 0.724 bits per heavy atom. The molecular formula is C26H21NO2. The van der Waals surface area contributed by atoms with E-state index in [-0.39, 0.29) is 6.23 Å². The van der Waals surface area contributed by atoms with Crippen LogP contribution in [0, 0.1) is 0 Å². The van der Waals surface area contributed by atoms with Gasteiger partial charge in [0, 0.05) is 11.3 Å².